The summed E-state index contributed by atoms with van der Waals surface area (Å²) >= 11 is 5.70. The van der Waals surface area contributed by atoms with Gasteiger partial charge in [0.2, 0.25) is 6.57 Å². The summed E-state index contributed by atoms with van der Waals surface area (Å²) < 4.78 is 6.02. The van der Waals surface area contributed by atoms with Gasteiger partial charge in [0.1, 0.15) is 5.75 Å². The fraction of sp³-hybridized carbons (Fsp3) is 0.571. The number of benzene rings is 1. The van der Waals surface area contributed by atoms with Crippen LogP contribution in [0.5, 0.6) is 5.75 Å². The van der Waals surface area contributed by atoms with Crippen molar-refractivity contribution in [2.75, 3.05) is 6.54 Å². The second-order valence-corrected chi connectivity index (χ2v) is 9.53. The van der Waals surface area contributed by atoms with Crippen molar-refractivity contribution < 1.29 is 4.52 Å². The molecule has 2 N–H and O–H groups in total. The summed E-state index contributed by atoms with van der Waals surface area (Å²) in [5.41, 5.74) is 0.177. The van der Waals surface area contributed by atoms with Gasteiger partial charge in [-0.25, -0.2) is 10.2 Å². The molecule has 1 aliphatic heterocycles. The normalized spacial score (nSPS) is 30.3. The van der Waals surface area contributed by atoms with E-state index < -0.39 is 6.57 Å². The molecule has 1 saturated heterocycles. The lowest BCUT2D eigenvalue weighted by Gasteiger charge is -2.46. The van der Waals surface area contributed by atoms with Gasteiger partial charge in [-0.05, 0) is 35.3 Å². The summed E-state index contributed by atoms with van der Waals surface area (Å²) in [5, 5.41) is 6.97. The van der Waals surface area contributed by atoms with E-state index >= 15 is 0 Å². The van der Waals surface area contributed by atoms with Crippen molar-refractivity contribution in [1.82, 2.24) is 10.2 Å². The Morgan fingerprint density at radius 3 is 2.53 bits per heavy atom. The molecule has 2 atom stereocenters. The van der Waals surface area contributed by atoms with Gasteiger partial charge in [-0.1, -0.05) is 45.9 Å². The lowest BCUT2D eigenvalue weighted by atomic mass is 9.79. The molecule has 1 fully saturated rings. The average Bonchev–Trinajstić information content (AvgIpc) is 2.34. The maximum atomic E-state index is 6.02. The minimum atomic E-state index is -2.19. The van der Waals surface area contributed by atoms with E-state index in [4.69, 9.17) is 16.3 Å². The Morgan fingerprint density at radius 1 is 1.32 bits per heavy atom. The van der Waals surface area contributed by atoms with E-state index in [1.165, 1.54) is 0 Å². The smallest absolute Gasteiger partial charge is 0.248 e. The Balaban J connectivity index is 2.15. The molecule has 1 aromatic rings. The lowest BCUT2D eigenvalue weighted by Crippen LogP contribution is -2.55. The largest absolute Gasteiger partial charge is 0.441 e. The van der Waals surface area contributed by atoms with Gasteiger partial charge in [0, 0.05) is 12.6 Å². The number of hydrogen-bond donors (Lipinski definition) is 2. The summed E-state index contributed by atoms with van der Waals surface area (Å²) in [7, 11) is 0. The molecular weight excluding hydrogens is 275 g/mol. The Morgan fingerprint density at radius 2 is 1.95 bits per heavy atom. The minimum absolute atomic E-state index is 0.177. The molecule has 3 nitrogen and oxygen atoms in total. The van der Waals surface area contributed by atoms with Gasteiger partial charge in [0.15, 0.2) is 0 Å². The van der Waals surface area contributed by atoms with E-state index in [0.29, 0.717) is 12.0 Å². The van der Waals surface area contributed by atoms with Gasteiger partial charge >= 0.3 is 0 Å². The number of nitrogens with one attached hydrogen (secondary N) is 2. The van der Waals surface area contributed by atoms with Crippen LogP contribution in [-0.4, -0.2) is 12.6 Å². The predicted molar refractivity (Wildman–Crippen MR) is 84.9 cm³/mol. The molecule has 0 radical (unpaired) electrons. The molecular formula is C14H23N2OPS. The van der Waals surface area contributed by atoms with Crippen molar-refractivity contribution in [3.8, 4) is 5.75 Å². The van der Waals surface area contributed by atoms with Crippen molar-refractivity contribution in [1.29, 1.82) is 0 Å². The van der Waals surface area contributed by atoms with Crippen molar-refractivity contribution in [2.45, 2.75) is 33.7 Å². The number of para-hydroxylation sites is 1. The van der Waals surface area contributed by atoms with Gasteiger partial charge in [-0.2, -0.15) is 0 Å². The first-order valence-corrected chi connectivity index (χ1v) is 9.42. The quantitative estimate of drug-likeness (QED) is 0.836. The molecule has 0 amide bonds. The molecule has 0 bridgehead atoms. The highest BCUT2D eigenvalue weighted by molar-refractivity contribution is 8.10. The van der Waals surface area contributed by atoms with Crippen molar-refractivity contribution >= 4 is 18.4 Å². The molecule has 2 rings (SSSR count). The van der Waals surface area contributed by atoms with E-state index in [-0.39, 0.29) is 5.41 Å². The maximum Gasteiger partial charge on any atom is 0.248 e. The molecule has 1 heterocycles. The monoisotopic (exact) mass is 298 g/mol. The highest BCUT2D eigenvalue weighted by Gasteiger charge is 2.41. The standard InChI is InChI=1S/C14H23N2OPS/c1-11(2)13-14(3,4)10-15-18(19,16-13)17-12-8-6-5-7-9-12/h5-9,11,13H,10H2,1-4H3,(H2,15,16,19)/t13-,18-/m1/s1. The second kappa shape index (κ2) is 5.53. The molecule has 19 heavy (non-hydrogen) atoms. The van der Waals surface area contributed by atoms with Gasteiger partial charge in [0.05, 0.1) is 0 Å². The first kappa shape index (κ1) is 15.0. The number of rotatable bonds is 3. The molecule has 0 aromatic heterocycles. The Hall–Kier alpha value is -0.410. The summed E-state index contributed by atoms with van der Waals surface area (Å²) in [4.78, 5) is 0. The van der Waals surface area contributed by atoms with Crippen LogP contribution in [0, 0.1) is 11.3 Å². The Bertz CT molecular complexity index is 476. The van der Waals surface area contributed by atoms with Crippen molar-refractivity contribution in [3.63, 3.8) is 0 Å². The summed E-state index contributed by atoms with van der Waals surface area (Å²) in [6.07, 6.45) is 0. The zero-order valence-corrected chi connectivity index (χ0v) is 13.7. The maximum absolute atomic E-state index is 6.02. The Kier molecular flexibility index (Phi) is 4.36. The van der Waals surface area contributed by atoms with Crippen LogP contribution in [0.1, 0.15) is 27.7 Å². The van der Waals surface area contributed by atoms with Crippen LogP contribution in [0.15, 0.2) is 30.3 Å². The van der Waals surface area contributed by atoms with E-state index in [1.54, 1.807) is 0 Å². The summed E-state index contributed by atoms with van der Waals surface area (Å²) in [6.45, 7) is 7.67. The fourth-order valence-corrected chi connectivity index (χ4v) is 5.61. The lowest BCUT2D eigenvalue weighted by molar-refractivity contribution is 0.200. The van der Waals surface area contributed by atoms with E-state index in [0.717, 1.165) is 12.3 Å². The molecule has 0 aliphatic carbocycles. The zero-order chi connectivity index (χ0) is 14.1. The van der Waals surface area contributed by atoms with Crippen LogP contribution in [0.2, 0.25) is 0 Å². The third kappa shape index (κ3) is 3.57. The first-order chi connectivity index (χ1) is 8.82. The van der Waals surface area contributed by atoms with E-state index in [9.17, 15) is 0 Å². The van der Waals surface area contributed by atoms with Gasteiger partial charge < -0.3 is 4.52 Å². The van der Waals surface area contributed by atoms with Gasteiger partial charge in [0.25, 0.3) is 0 Å². The molecule has 5 heteroatoms. The molecule has 1 aromatic carbocycles. The van der Waals surface area contributed by atoms with Crippen molar-refractivity contribution in [3.05, 3.63) is 30.3 Å². The van der Waals surface area contributed by atoms with Gasteiger partial charge in [-0.3, -0.25) is 0 Å². The van der Waals surface area contributed by atoms with E-state index in [1.807, 2.05) is 30.3 Å². The van der Waals surface area contributed by atoms with Crippen LogP contribution in [0.3, 0.4) is 0 Å². The first-order valence-electron chi connectivity index (χ1n) is 6.70. The summed E-state index contributed by atoms with van der Waals surface area (Å²) in [5.74, 6) is 1.35. The SMILES string of the molecule is CC(C)[C@H]1N[P@@](=S)(Oc2ccccc2)NCC1(C)C. The van der Waals surface area contributed by atoms with Crippen molar-refractivity contribution in [2.24, 2.45) is 11.3 Å². The highest BCUT2D eigenvalue weighted by Crippen LogP contribution is 2.47. The molecule has 0 spiro atoms. The second-order valence-electron chi connectivity index (χ2n) is 6.13. The highest BCUT2D eigenvalue weighted by atomic mass is 32.4. The zero-order valence-electron chi connectivity index (χ0n) is 12.0. The summed E-state index contributed by atoms with van der Waals surface area (Å²) in [6, 6.07) is 10.2. The topological polar surface area (TPSA) is 33.3 Å². The number of hydrogen-bond acceptors (Lipinski definition) is 2. The van der Waals surface area contributed by atoms with Crippen LogP contribution in [0.25, 0.3) is 0 Å². The third-order valence-corrected chi connectivity index (χ3v) is 6.13. The average molecular weight is 298 g/mol. The van der Waals surface area contributed by atoms with Crippen LogP contribution in [0.4, 0.5) is 0 Å². The molecule has 106 valence electrons. The van der Waals surface area contributed by atoms with Crippen LogP contribution >= 0.6 is 6.57 Å². The minimum Gasteiger partial charge on any atom is -0.441 e. The fourth-order valence-electron chi connectivity index (χ4n) is 2.56. The predicted octanol–water partition coefficient (Wildman–Crippen LogP) is 3.53. The van der Waals surface area contributed by atoms with E-state index in [2.05, 4.69) is 37.9 Å². The molecule has 0 saturated carbocycles. The van der Waals surface area contributed by atoms with Crippen LogP contribution in [-0.2, 0) is 11.8 Å². The third-order valence-electron chi connectivity index (χ3n) is 3.54. The van der Waals surface area contributed by atoms with Gasteiger partial charge in [-0.15, -0.1) is 0 Å². The van der Waals surface area contributed by atoms with Crippen LogP contribution < -0.4 is 14.7 Å². The molecule has 0 unspecified atom stereocenters. The molecule has 1 aliphatic rings. The Labute approximate surface area is 121 Å².